The minimum atomic E-state index is 0.837. The maximum Gasteiger partial charge on any atom is 0.156 e. The lowest BCUT2D eigenvalue weighted by Crippen LogP contribution is -2.05. The van der Waals surface area contributed by atoms with Crippen LogP contribution < -0.4 is 5.32 Å². The minimum absolute atomic E-state index is 0.837. The van der Waals surface area contributed by atoms with Crippen molar-refractivity contribution in [3.05, 3.63) is 65.7 Å². The number of aromatic nitrogens is 2. The van der Waals surface area contributed by atoms with E-state index in [0.29, 0.717) is 0 Å². The summed E-state index contributed by atoms with van der Waals surface area (Å²) >= 11 is 0. The highest BCUT2D eigenvalue weighted by Gasteiger charge is 2.26. The lowest BCUT2D eigenvalue weighted by molar-refractivity contribution is 0.626. The summed E-state index contributed by atoms with van der Waals surface area (Å²) in [6, 6.07) is 18.5. The molecule has 1 aliphatic heterocycles. The maximum atomic E-state index is 6.06. The van der Waals surface area contributed by atoms with Gasteiger partial charge in [-0.1, -0.05) is 36.4 Å². The van der Waals surface area contributed by atoms with Gasteiger partial charge in [0.05, 0.1) is 5.69 Å². The molecule has 4 nitrogen and oxygen atoms in total. The highest BCUT2D eigenvalue weighted by Crippen LogP contribution is 2.37. The lowest BCUT2D eigenvalue weighted by atomic mass is 10.1. The Hall–Kier alpha value is -3.01. The fourth-order valence-corrected chi connectivity index (χ4v) is 3.45. The molecule has 4 aromatic rings. The molecular formula is C20H17N3O. The molecular weight excluding hydrogens is 298 g/mol. The van der Waals surface area contributed by atoms with Gasteiger partial charge in [-0.2, -0.15) is 5.10 Å². The van der Waals surface area contributed by atoms with E-state index in [1.165, 1.54) is 11.1 Å². The third-order valence-corrected chi connectivity index (χ3v) is 4.65. The molecule has 5 rings (SSSR count). The molecule has 0 amide bonds. The van der Waals surface area contributed by atoms with E-state index in [0.717, 1.165) is 46.9 Å². The minimum Gasteiger partial charge on any atom is -0.454 e. The first-order valence-corrected chi connectivity index (χ1v) is 8.22. The number of hydrogen-bond acceptors (Lipinski definition) is 3. The van der Waals surface area contributed by atoms with Crippen LogP contribution >= 0.6 is 0 Å². The Morgan fingerprint density at radius 1 is 1.08 bits per heavy atom. The summed E-state index contributed by atoms with van der Waals surface area (Å²) in [6.07, 6.45) is 0.966. The molecule has 2 aromatic carbocycles. The van der Waals surface area contributed by atoms with Crippen LogP contribution in [0.1, 0.15) is 11.1 Å². The molecule has 0 radical (unpaired) electrons. The smallest absolute Gasteiger partial charge is 0.156 e. The second-order valence-corrected chi connectivity index (χ2v) is 6.20. The maximum absolute atomic E-state index is 6.06. The number of para-hydroxylation sites is 2. The van der Waals surface area contributed by atoms with E-state index in [9.17, 15) is 0 Å². The van der Waals surface area contributed by atoms with Gasteiger partial charge >= 0.3 is 0 Å². The van der Waals surface area contributed by atoms with Crippen molar-refractivity contribution in [3.8, 4) is 17.1 Å². The van der Waals surface area contributed by atoms with Crippen molar-refractivity contribution in [2.45, 2.75) is 13.3 Å². The van der Waals surface area contributed by atoms with E-state index < -0.39 is 0 Å². The molecule has 0 aliphatic carbocycles. The van der Waals surface area contributed by atoms with E-state index in [2.05, 4.69) is 42.6 Å². The highest BCUT2D eigenvalue weighted by atomic mass is 16.3. The van der Waals surface area contributed by atoms with Gasteiger partial charge in [-0.3, -0.25) is 0 Å². The van der Waals surface area contributed by atoms with Crippen LogP contribution in [-0.2, 0) is 6.42 Å². The molecule has 24 heavy (non-hydrogen) atoms. The molecule has 0 saturated carbocycles. The van der Waals surface area contributed by atoms with Crippen LogP contribution in [0.2, 0.25) is 0 Å². The zero-order valence-electron chi connectivity index (χ0n) is 13.4. The third kappa shape index (κ3) is 1.89. The molecule has 0 bridgehead atoms. The predicted molar refractivity (Wildman–Crippen MR) is 95.7 cm³/mol. The van der Waals surface area contributed by atoms with Crippen LogP contribution in [0.5, 0.6) is 0 Å². The predicted octanol–water partition coefficient (Wildman–Crippen LogP) is 4.56. The fraction of sp³-hybridized carbons (Fsp3) is 0.150. The normalized spacial score (nSPS) is 13.2. The molecule has 0 saturated heterocycles. The average Bonchev–Trinajstić information content (AvgIpc) is 3.29. The van der Waals surface area contributed by atoms with Gasteiger partial charge in [0.2, 0.25) is 0 Å². The quantitative estimate of drug-likeness (QED) is 0.589. The topological polar surface area (TPSA) is 43.0 Å². The molecule has 3 heterocycles. The molecule has 1 aliphatic rings. The molecule has 2 aromatic heterocycles. The number of aryl methyl sites for hydroxylation is 1. The average molecular weight is 315 g/mol. The van der Waals surface area contributed by atoms with Crippen molar-refractivity contribution < 1.29 is 4.42 Å². The van der Waals surface area contributed by atoms with Crippen molar-refractivity contribution in [3.63, 3.8) is 0 Å². The van der Waals surface area contributed by atoms with Crippen LogP contribution in [0.25, 0.3) is 28.1 Å². The number of fused-ring (bicyclic) bond motifs is 2. The standard InChI is InChI=1S/C20H17N3O/c1-13-6-2-4-8-16(13)23-20-15(10-11-21-20)19(22-23)18-12-14-7-3-5-9-17(14)24-18/h2-9,12,21H,10-11H2,1H3. The van der Waals surface area contributed by atoms with Gasteiger partial charge in [0, 0.05) is 17.5 Å². The SMILES string of the molecule is Cc1ccccc1-n1nc(-c2cc3ccccc3o2)c2c1NCC2. The summed E-state index contributed by atoms with van der Waals surface area (Å²) in [5, 5.41) is 9.47. The zero-order valence-corrected chi connectivity index (χ0v) is 13.4. The third-order valence-electron chi connectivity index (χ3n) is 4.65. The van der Waals surface area contributed by atoms with Gasteiger partial charge in [-0.25, -0.2) is 4.68 Å². The number of nitrogens with zero attached hydrogens (tertiary/aromatic N) is 2. The summed E-state index contributed by atoms with van der Waals surface area (Å²) in [5.74, 6) is 1.92. The lowest BCUT2D eigenvalue weighted by Gasteiger charge is -2.08. The van der Waals surface area contributed by atoms with Crippen molar-refractivity contribution in [2.75, 3.05) is 11.9 Å². The summed E-state index contributed by atoms with van der Waals surface area (Å²) < 4.78 is 8.07. The molecule has 0 fully saturated rings. The van der Waals surface area contributed by atoms with Gasteiger partial charge in [-0.05, 0) is 37.1 Å². The Balaban J connectivity index is 1.73. The molecule has 4 heteroatoms. The van der Waals surface area contributed by atoms with Crippen molar-refractivity contribution in [1.29, 1.82) is 0 Å². The Kier molecular flexibility index (Phi) is 2.80. The van der Waals surface area contributed by atoms with Crippen LogP contribution in [0.3, 0.4) is 0 Å². The number of nitrogens with one attached hydrogen (secondary N) is 1. The first-order chi connectivity index (χ1) is 11.8. The Bertz CT molecular complexity index is 1020. The van der Waals surface area contributed by atoms with Crippen molar-refractivity contribution in [1.82, 2.24) is 9.78 Å². The van der Waals surface area contributed by atoms with Gasteiger partial charge in [-0.15, -0.1) is 0 Å². The molecule has 0 atom stereocenters. The van der Waals surface area contributed by atoms with Crippen LogP contribution in [0.15, 0.2) is 59.0 Å². The van der Waals surface area contributed by atoms with Crippen molar-refractivity contribution in [2.24, 2.45) is 0 Å². The van der Waals surface area contributed by atoms with E-state index in [-0.39, 0.29) is 0 Å². The summed E-state index contributed by atoms with van der Waals surface area (Å²) in [6.45, 7) is 3.05. The Morgan fingerprint density at radius 2 is 1.92 bits per heavy atom. The summed E-state index contributed by atoms with van der Waals surface area (Å²) in [7, 11) is 0. The van der Waals surface area contributed by atoms with Gasteiger partial charge in [0.1, 0.15) is 17.1 Å². The highest BCUT2D eigenvalue weighted by molar-refractivity contribution is 5.83. The van der Waals surface area contributed by atoms with Crippen LogP contribution in [0.4, 0.5) is 5.82 Å². The van der Waals surface area contributed by atoms with E-state index in [4.69, 9.17) is 9.52 Å². The van der Waals surface area contributed by atoms with E-state index >= 15 is 0 Å². The molecule has 118 valence electrons. The van der Waals surface area contributed by atoms with E-state index in [1.54, 1.807) is 0 Å². The van der Waals surface area contributed by atoms with Crippen molar-refractivity contribution >= 4 is 16.8 Å². The Morgan fingerprint density at radius 3 is 2.79 bits per heavy atom. The van der Waals surface area contributed by atoms with Crippen LogP contribution in [0, 0.1) is 6.92 Å². The second kappa shape index (κ2) is 4.99. The number of rotatable bonds is 2. The van der Waals surface area contributed by atoms with E-state index in [1.807, 2.05) is 28.9 Å². The number of furan rings is 1. The number of anilines is 1. The second-order valence-electron chi connectivity index (χ2n) is 6.20. The molecule has 1 N–H and O–H groups in total. The van der Waals surface area contributed by atoms with Gasteiger partial charge < -0.3 is 9.73 Å². The summed E-state index contributed by atoms with van der Waals surface area (Å²) in [4.78, 5) is 0. The van der Waals surface area contributed by atoms with Gasteiger partial charge in [0.25, 0.3) is 0 Å². The zero-order chi connectivity index (χ0) is 16.1. The first kappa shape index (κ1) is 13.4. The van der Waals surface area contributed by atoms with Crippen LogP contribution in [-0.4, -0.2) is 16.3 Å². The molecule has 0 spiro atoms. The number of hydrogen-bond donors (Lipinski definition) is 1. The summed E-state index contributed by atoms with van der Waals surface area (Å²) in [5.41, 5.74) is 5.38. The first-order valence-electron chi connectivity index (χ1n) is 8.22. The molecule has 0 unspecified atom stereocenters. The number of benzene rings is 2. The monoisotopic (exact) mass is 315 g/mol. The largest absolute Gasteiger partial charge is 0.454 e. The Labute approximate surface area is 139 Å². The fourth-order valence-electron chi connectivity index (χ4n) is 3.45. The van der Waals surface area contributed by atoms with Gasteiger partial charge in [0.15, 0.2) is 5.76 Å².